The summed E-state index contributed by atoms with van der Waals surface area (Å²) in [6.07, 6.45) is 2.43. The van der Waals surface area contributed by atoms with Crippen LogP contribution in [0.4, 0.5) is 0 Å². The Morgan fingerprint density at radius 2 is 1.95 bits per heavy atom. The van der Waals surface area contributed by atoms with Crippen molar-refractivity contribution in [2.45, 2.75) is 57.6 Å². The SMILES string of the molecule is Cc1cc(CBr)cc(C)c1OCC1CCC(C)(C)O1. The third-order valence-electron chi connectivity index (χ3n) is 3.64. The predicted molar refractivity (Wildman–Crippen MR) is 82.2 cm³/mol. The molecule has 2 rings (SSSR count). The number of rotatable bonds is 4. The zero-order chi connectivity index (χ0) is 14.0. The molecule has 1 aromatic carbocycles. The van der Waals surface area contributed by atoms with Gasteiger partial charge in [-0.25, -0.2) is 0 Å². The zero-order valence-electron chi connectivity index (χ0n) is 12.3. The smallest absolute Gasteiger partial charge is 0.125 e. The number of aryl methyl sites for hydroxylation is 2. The van der Waals surface area contributed by atoms with Crippen molar-refractivity contribution in [2.75, 3.05) is 6.61 Å². The van der Waals surface area contributed by atoms with Gasteiger partial charge in [0.05, 0.1) is 11.7 Å². The molecular weight excluding hydrogens is 304 g/mol. The average molecular weight is 327 g/mol. The lowest BCUT2D eigenvalue weighted by atomic mass is 10.1. The summed E-state index contributed by atoms with van der Waals surface area (Å²) in [5.41, 5.74) is 3.71. The molecule has 0 aromatic heterocycles. The van der Waals surface area contributed by atoms with E-state index in [0.717, 1.165) is 23.9 Å². The molecule has 1 saturated heterocycles. The second-order valence-electron chi connectivity index (χ2n) is 6.04. The van der Waals surface area contributed by atoms with E-state index in [1.807, 2.05) is 0 Å². The first-order valence-corrected chi connectivity index (χ1v) is 8.00. The van der Waals surface area contributed by atoms with Crippen molar-refractivity contribution in [1.82, 2.24) is 0 Å². The van der Waals surface area contributed by atoms with E-state index >= 15 is 0 Å². The molecule has 1 fully saturated rings. The van der Waals surface area contributed by atoms with Crippen LogP contribution in [0.3, 0.4) is 0 Å². The van der Waals surface area contributed by atoms with Gasteiger partial charge in [-0.15, -0.1) is 0 Å². The quantitative estimate of drug-likeness (QED) is 0.756. The molecular formula is C16H23BrO2. The third-order valence-corrected chi connectivity index (χ3v) is 4.29. The highest BCUT2D eigenvalue weighted by atomic mass is 79.9. The Labute approximate surface area is 124 Å². The van der Waals surface area contributed by atoms with Crippen LogP contribution < -0.4 is 4.74 Å². The standard InChI is InChI=1S/C16H23BrO2/c1-11-7-13(9-17)8-12(2)15(11)18-10-14-5-6-16(3,4)19-14/h7-8,14H,5-6,9-10H2,1-4H3. The van der Waals surface area contributed by atoms with Gasteiger partial charge in [-0.1, -0.05) is 28.1 Å². The van der Waals surface area contributed by atoms with E-state index in [9.17, 15) is 0 Å². The molecule has 0 radical (unpaired) electrons. The van der Waals surface area contributed by atoms with Crippen molar-refractivity contribution in [3.63, 3.8) is 0 Å². The number of benzene rings is 1. The molecule has 0 spiro atoms. The van der Waals surface area contributed by atoms with Crippen molar-refractivity contribution < 1.29 is 9.47 Å². The molecule has 2 nitrogen and oxygen atoms in total. The van der Waals surface area contributed by atoms with Crippen molar-refractivity contribution in [1.29, 1.82) is 0 Å². The molecule has 1 aliphatic rings. The van der Waals surface area contributed by atoms with Crippen LogP contribution in [0, 0.1) is 13.8 Å². The van der Waals surface area contributed by atoms with Crippen molar-refractivity contribution in [2.24, 2.45) is 0 Å². The van der Waals surface area contributed by atoms with Gasteiger partial charge in [0.1, 0.15) is 12.4 Å². The highest BCUT2D eigenvalue weighted by molar-refractivity contribution is 9.08. The van der Waals surface area contributed by atoms with Gasteiger partial charge in [0.25, 0.3) is 0 Å². The molecule has 1 heterocycles. The maximum Gasteiger partial charge on any atom is 0.125 e. The van der Waals surface area contributed by atoms with Crippen LogP contribution in [0.1, 0.15) is 43.4 Å². The van der Waals surface area contributed by atoms with E-state index in [0.29, 0.717) is 6.61 Å². The molecule has 1 atom stereocenters. The highest BCUT2D eigenvalue weighted by Gasteiger charge is 2.32. The van der Waals surface area contributed by atoms with Gasteiger partial charge in [-0.3, -0.25) is 0 Å². The zero-order valence-corrected chi connectivity index (χ0v) is 13.8. The van der Waals surface area contributed by atoms with E-state index in [1.54, 1.807) is 0 Å². The fraction of sp³-hybridized carbons (Fsp3) is 0.625. The molecule has 0 N–H and O–H groups in total. The van der Waals surface area contributed by atoms with Crippen LogP contribution in [-0.4, -0.2) is 18.3 Å². The summed E-state index contributed by atoms with van der Waals surface area (Å²) in [6, 6.07) is 4.35. The molecule has 1 unspecified atom stereocenters. The molecule has 19 heavy (non-hydrogen) atoms. The minimum absolute atomic E-state index is 0.0118. The average Bonchev–Trinajstić information content (AvgIpc) is 2.67. The van der Waals surface area contributed by atoms with Crippen LogP contribution in [0.25, 0.3) is 0 Å². The van der Waals surface area contributed by atoms with Gasteiger partial charge in [-0.05, 0) is 57.2 Å². The lowest BCUT2D eigenvalue weighted by molar-refractivity contribution is -0.0328. The first-order chi connectivity index (χ1) is 8.91. The Morgan fingerprint density at radius 1 is 1.32 bits per heavy atom. The lowest BCUT2D eigenvalue weighted by Gasteiger charge is -2.20. The van der Waals surface area contributed by atoms with Gasteiger partial charge in [0.2, 0.25) is 0 Å². The predicted octanol–water partition coefficient (Wildman–Crippen LogP) is 4.53. The fourth-order valence-electron chi connectivity index (χ4n) is 2.72. The minimum Gasteiger partial charge on any atom is -0.490 e. The summed E-state index contributed by atoms with van der Waals surface area (Å²) in [6.45, 7) is 9.16. The van der Waals surface area contributed by atoms with Crippen LogP contribution in [0.15, 0.2) is 12.1 Å². The van der Waals surface area contributed by atoms with Crippen LogP contribution in [-0.2, 0) is 10.1 Å². The van der Waals surface area contributed by atoms with E-state index in [-0.39, 0.29) is 11.7 Å². The van der Waals surface area contributed by atoms with Gasteiger partial charge >= 0.3 is 0 Å². The highest BCUT2D eigenvalue weighted by Crippen LogP contribution is 2.31. The van der Waals surface area contributed by atoms with E-state index < -0.39 is 0 Å². The lowest BCUT2D eigenvalue weighted by Crippen LogP contribution is -2.24. The molecule has 3 heteroatoms. The maximum atomic E-state index is 6.00. The Morgan fingerprint density at radius 3 is 2.42 bits per heavy atom. The maximum absolute atomic E-state index is 6.00. The second-order valence-corrected chi connectivity index (χ2v) is 6.60. The Kier molecular flexibility index (Phi) is 4.57. The van der Waals surface area contributed by atoms with Gasteiger partial charge in [0, 0.05) is 5.33 Å². The van der Waals surface area contributed by atoms with Crippen LogP contribution in [0.5, 0.6) is 5.75 Å². The van der Waals surface area contributed by atoms with Crippen molar-refractivity contribution in [3.05, 3.63) is 28.8 Å². The second kappa shape index (κ2) is 5.84. The summed E-state index contributed by atoms with van der Waals surface area (Å²) in [4.78, 5) is 0. The first kappa shape index (κ1) is 14.9. The van der Waals surface area contributed by atoms with Crippen LogP contribution in [0.2, 0.25) is 0 Å². The van der Waals surface area contributed by atoms with E-state index in [2.05, 4.69) is 55.8 Å². The number of ether oxygens (including phenoxy) is 2. The summed E-state index contributed by atoms with van der Waals surface area (Å²) in [5, 5.41) is 0.884. The van der Waals surface area contributed by atoms with Crippen molar-refractivity contribution >= 4 is 15.9 Å². The number of halogens is 1. The minimum atomic E-state index is 0.0118. The summed E-state index contributed by atoms with van der Waals surface area (Å²) >= 11 is 3.49. The Hall–Kier alpha value is -0.540. The van der Waals surface area contributed by atoms with E-state index in [1.165, 1.54) is 16.7 Å². The first-order valence-electron chi connectivity index (χ1n) is 6.88. The molecule has 106 valence electrons. The van der Waals surface area contributed by atoms with Crippen molar-refractivity contribution in [3.8, 4) is 5.75 Å². The molecule has 0 aliphatic carbocycles. The van der Waals surface area contributed by atoms with Gasteiger partial charge in [0.15, 0.2) is 0 Å². The topological polar surface area (TPSA) is 18.5 Å². The Balaban J connectivity index is 2.00. The molecule has 0 bridgehead atoms. The molecule has 0 amide bonds. The third kappa shape index (κ3) is 3.73. The molecule has 1 aromatic rings. The fourth-order valence-corrected chi connectivity index (χ4v) is 3.04. The van der Waals surface area contributed by atoms with E-state index in [4.69, 9.17) is 9.47 Å². The van der Waals surface area contributed by atoms with Gasteiger partial charge in [-0.2, -0.15) is 0 Å². The summed E-state index contributed by atoms with van der Waals surface area (Å²) in [7, 11) is 0. The molecule has 1 aliphatic heterocycles. The number of hydrogen-bond acceptors (Lipinski definition) is 2. The molecule has 0 saturated carbocycles. The van der Waals surface area contributed by atoms with Crippen LogP contribution >= 0.6 is 15.9 Å². The summed E-state index contributed by atoms with van der Waals surface area (Å²) in [5.74, 6) is 1.01. The number of hydrogen-bond donors (Lipinski definition) is 0. The van der Waals surface area contributed by atoms with Gasteiger partial charge < -0.3 is 9.47 Å². The number of alkyl halides is 1. The Bertz CT molecular complexity index is 431. The monoisotopic (exact) mass is 326 g/mol. The normalized spacial score (nSPS) is 21.6. The largest absolute Gasteiger partial charge is 0.490 e. The summed E-state index contributed by atoms with van der Waals surface area (Å²) < 4.78 is 12.0.